The van der Waals surface area contributed by atoms with Crippen LogP contribution in [0.15, 0.2) is 72.8 Å². The Balaban J connectivity index is 1.79. The molecule has 4 atom stereocenters. The minimum Gasteiger partial charge on any atom is -0.508 e. The second-order valence-electron chi connectivity index (χ2n) is 10.1. The molecular weight excluding hydrogens is 480 g/mol. The van der Waals surface area contributed by atoms with Crippen LogP contribution in [0.2, 0.25) is 0 Å². The number of para-hydroxylation sites is 2. The average molecular weight is 515 g/mol. The van der Waals surface area contributed by atoms with Crippen LogP contribution in [0.3, 0.4) is 0 Å². The van der Waals surface area contributed by atoms with E-state index in [1.165, 1.54) is 19.1 Å². The van der Waals surface area contributed by atoms with Gasteiger partial charge in [-0.1, -0.05) is 62.4 Å². The molecular formula is C31H34N2O5. The number of anilines is 2. The van der Waals surface area contributed by atoms with Crippen LogP contribution in [0.25, 0.3) is 0 Å². The summed E-state index contributed by atoms with van der Waals surface area (Å²) in [5.41, 5.74) is 1.74. The monoisotopic (exact) mass is 514 g/mol. The number of aryl methyl sites for hydroxylation is 2. The van der Waals surface area contributed by atoms with E-state index >= 15 is 0 Å². The predicted molar refractivity (Wildman–Crippen MR) is 147 cm³/mol. The summed E-state index contributed by atoms with van der Waals surface area (Å²) in [6.45, 7) is 5.40. The van der Waals surface area contributed by atoms with Crippen molar-refractivity contribution in [2.45, 2.75) is 51.6 Å². The Morgan fingerprint density at radius 2 is 1.42 bits per heavy atom. The third-order valence-corrected chi connectivity index (χ3v) is 7.40. The zero-order valence-corrected chi connectivity index (χ0v) is 21.9. The van der Waals surface area contributed by atoms with Gasteiger partial charge in [0, 0.05) is 23.7 Å². The lowest BCUT2D eigenvalue weighted by molar-refractivity contribution is -0.150. The summed E-state index contributed by atoms with van der Waals surface area (Å²) >= 11 is 0. The number of nitrogens with one attached hydrogen (secondary N) is 2. The maximum Gasteiger partial charge on any atom is 0.235 e. The van der Waals surface area contributed by atoms with Crippen LogP contribution in [0, 0.1) is 11.8 Å². The van der Waals surface area contributed by atoms with Crippen molar-refractivity contribution in [1.29, 1.82) is 0 Å². The minimum absolute atomic E-state index is 0.0638. The number of benzene rings is 3. The SMILES string of the molecule is CCc1ccccc1NC(=O)C1C(=O)CC(C)(O)C(C(=O)Nc2ccccc2CC)C1c1cccc(O)c1. The smallest absolute Gasteiger partial charge is 0.235 e. The Labute approximate surface area is 222 Å². The van der Waals surface area contributed by atoms with Gasteiger partial charge in [0.15, 0.2) is 0 Å². The number of rotatable bonds is 7. The molecule has 4 rings (SSSR count). The van der Waals surface area contributed by atoms with E-state index in [0.29, 0.717) is 29.8 Å². The van der Waals surface area contributed by atoms with E-state index in [-0.39, 0.29) is 12.2 Å². The molecule has 3 aromatic carbocycles. The van der Waals surface area contributed by atoms with Gasteiger partial charge in [-0.2, -0.15) is 0 Å². The van der Waals surface area contributed by atoms with Gasteiger partial charge in [0.1, 0.15) is 17.5 Å². The molecule has 0 bridgehead atoms. The van der Waals surface area contributed by atoms with Gasteiger partial charge in [-0.15, -0.1) is 0 Å². The van der Waals surface area contributed by atoms with Gasteiger partial charge in [0.25, 0.3) is 0 Å². The van der Waals surface area contributed by atoms with Crippen LogP contribution in [0.1, 0.15) is 49.8 Å². The summed E-state index contributed by atoms with van der Waals surface area (Å²) in [6.07, 6.45) is 1.01. The van der Waals surface area contributed by atoms with E-state index in [4.69, 9.17) is 0 Å². The Kier molecular flexibility index (Phi) is 7.97. The Morgan fingerprint density at radius 1 is 0.868 bits per heavy atom. The highest BCUT2D eigenvalue weighted by Crippen LogP contribution is 2.47. The van der Waals surface area contributed by atoms with Crippen molar-refractivity contribution in [2.24, 2.45) is 11.8 Å². The van der Waals surface area contributed by atoms with Crippen LogP contribution in [0.5, 0.6) is 5.75 Å². The van der Waals surface area contributed by atoms with Crippen LogP contribution in [0.4, 0.5) is 11.4 Å². The van der Waals surface area contributed by atoms with Gasteiger partial charge in [0.2, 0.25) is 11.8 Å². The molecule has 4 N–H and O–H groups in total. The molecule has 1 aliphatic rings. The second-order valence-corrected chi connectivity index (χ2v) is 10.1. The summed E-state index contributed by atoms with van der Waals surface area (Å²) in [4.78, 5) is 41.1. The zero-order valence-electron chi connectivity index (χ0n) is 21.9. The lowest BCUT2D eigenvalue weighted by atomic mass is 9.61. The van der Waals surface area contributed by atoms with Gasteiger partial charge < -0.3 is 20.8 Å². The van der Waals surface area contributed by atoms with Crippen molar-refractivity contribution in [3.05, 3.63) is 89.5 Å². The molecule has 38 heavy (non-hydrogen) atoms. The molecule has 2 amide bonds. The number of carbonyl (C=O) groups is 3. The second kappa shape index (κ2) is 11.2. The number of aromatic hydroxyl groups is 1. The molecule has 1 aliphatic carbocycles. The summed E-state index contributed by atoms with van der Waals surface area (Å²) in [7, 11) is 0. The molecule has 0 radical (unpaired) electrons. The highest BCUT2D eigenvalue weighted by Gasteiger charge is 2.56. The average Bonchev–Trinajstić information content (AvgIpc) is 2.88. The van der Waals surface area contributed by atoms with E-state index < -0.39 is 41.0 Å². The van der Waals surface area contributed by atoms with Crippen molar-refractivity contribution >= 4 is 29.0 Å². The van der Waals surface area contributed by atoms with Crippen LogP contribution in [-0.4, -0.2) is 33.4 Å². The normalized spacial score (nSPS) is 23.1. The first kappa shape index (κ1) is 27.1. The Morgan fingerprint density at radius 3 is 1.97 bits per heavy atom. The lowest BCUT2D eigenvalue weighted by Crippen LogP contribution is -2.56. The molecule has 7 heteroatoms. The van der Waals surface area contributed by atoms with E-state index in [2.05, 4.69) is 10.6 Å². The first-order valence-electron chi connectivity index (χ1n) is 13.0. The lowest BCUT2D eigenvalue weighted by Gasteiger charge is -2.44. The summed E-state index contributed by atoms with van der Waals surface area (Å²) in [5.74, 6) is -4.99. The molecule has 3 aromatic rings. The summed E-state index contributed by atoms with van der Waals surface area (Å²) in [6, 6.07) is 20.9. The van der Waals surface area contributed by atoms with Crippen LogP contribution < -0.4 is 10.6 Å². The Bertz CT molecular complexity index is 1350. The fourth-order valence-electron chi connectivity index (χ4n) is 5.55. The topological polar surface area (TPSA) is 116 Å². The quantitative estimate of drug-likeness (QED) is 0.337. The standard InChI is InChI=1S/C31H34N2O5/c1-4-19-11-6-8-15-23(19)32-29(36)27-25(35)18-31(3,38)28(26(27)21-13-10-14-22(34)17-21)30(37)33-24-16-9-7-12-20(24)5-2/h6-17,26-28,34,38H,4-5,18H2,1-3H3,(H,32,36)(H,33,37). The van der Waals surface area contributed by atoms with E-state index in [9.17, 15) is 24.6 Å². The number of hydrogen-bond donors (Lipinski definition) is 4. The third kappa shape index (κ3) is 5.48. The Hall–Kier alpha value is -3.97. The van der Waals surface area contributed by atoms with Gasteiger partial charge in [0.05, 0.1) is 11.5 Å². The molecule has 0 saturated heterocycles. The molecule has 1 fully saturated rings. The molecule has 4 unspecified atom stereocenters. The number of carbonyl (C=O) groups excluding carboxylic acids is 3. The number of Topliss-reactive ketones (excluding diaryl/α,β-unsaturated/α-hetero) is 1. The highest BCUT2D eigenvalue weighted by molar-refractivity contribution is 6.10. The number of hydrogen-bond acceptors (Lipinski definition) is 5. The van der Waals surface area contributed by atoms with Gasteiger partial charge in [-0.25, -0.2) is 0 Å². The fraction of sp³-hybridized carbons (Fsp3) is 0.323. The first-order chi connectivity index (χ1) is 18.2. The van der Waals surface area contributed by atoms with E-state index in [1.807, 2.05) is 44.2 Å². The highest BCUT2D eigenvalue weighted by atomic mass is 16.3. The zero-order chi connectivity index (χ0) is 27.4. The molecule has 0 aromatic heterocycles. The molecule has 1 saturated carbocycles. The van der Waals surface area contributed by atoms with Crippen molar-refractivity contribution in [2.75, 3.05) is 10.6 Å². The number of phenols is 1. The number of phenolic OH excluding ortho intramolecular Hbond substituents is 1. The summed E-state index contributed by atoms with van der Waals surface area (Å²) < 4.78 is 0. The van der Waals surface area contributed by atoms with E-state index in [1.54, 1.807) is 30.3 Å². The van der Waals surface area contributed by atoms with Crippen molar-refractivity contribution in [3.8, 4) is 5.75 Å². The molecule has 0 spiro atoms. The van der Waals surface area contributed by atoms with Gasteiger partial charge in [-0.3, -0.25) is 14.4 Å². The van der Waals surface area contributed by atoms with Crippen molar-refractivity contribution in [3.63, 3.8) is 0 Å². The summed E-state index contributed by atoms with van der Waals surface area (Å²) in [5, 5.41) is 27.6. The molecule has 198 valence electrons. The fourth-order valence-corrected chi connectivity index (χ4v) is 5.55. The third-order valence-electron chi connectivity index (χ3n) is 7.40. The number of amides is 2. The maximum absolute atomic E-state index is 13.9. The minimum atomic E-state index is -1.73. The van der Waals surface area contributed by atoms with Gasteiger partial charge >= 0.3 is 0 Å². The maximum atomic E-state index is 13.9. The van der Waals surface area contributed by atoms with Crippen molar-refractivity contribution < 1.29 is 24.6 Å². The van der Waals surface area contributed by atoms with Crippen molar-refractivity contribution in [1.82, 2.24) is 0 Å². The largest absolute Gasteiger partial charge is 0.508 e. The molecule has 7 nitrogen and oxygen atoms in total. The van der Waals surface area contributed by atoms with E-state index in [0.717, 1.165) is 11.1 Å². The molecule has 0 heterocycles. The molecule has 0 aliphatic heterocycles. The first-order valence-corrected chi connectivity index (χ1v) is 13.0. The predicted octanol–water partition coefficient (Wildman–Crippen LogP) is 4.83. The number of ketones is 1. The van der Waals surface area contributed by atoms with Crippen LogP contribution >= 0.6 is 0 Å². The number of aliphatic hydroxyl groups is 1. The van der Waals surface area contributed by atoms with Gasteiger partial charge in [-0.05, 0) is 60.7 Å². The van der Waals surface area contributed by atoms with Crippen LogP contribution in [-0.2, 0) is 27.2 Å².